The Labute approximate surface area is 106 Å². The third-order valence-electron chi connectivity index (χ3n) is 4.04. The molecule has 6 nitrogen and oxygen atoms in total. The highest BCUT2D eigenvalue weighted by Gasteiger charge is 2.38. The van der Waals surface area contributed by atoms with Gasteiger partial charge in [-0.25, -0.2) is 0 Å². The lowest BCUT2D eigenvalue weighted by molar-refractivity contribution is -0.143. The molecule has 3 rings (SSSR count). The van der Waals surface area contributed by atoms with Crippen molar-refractivity contribution < 1.29 is 4.79 Å². The van der Waals surface area contributed by atoms with E-state index in [1.165, 1.54) is 0 Å². The van der Waals surface area contributed by atoms with E-state index in [0.717, 1.165) is 44.8 Å². The molecule has 1 N–H and O–H groups in total. The summed E-state index contributed by atoms with van der Waals surface area (Å²) in [6, 6.07) is 0. The van der Waals surface area contributed by atoms with Gasteiger partial charge in [0.2, 0.25) is 5.91 Å². The van der Waals surface area contributed by atoms with Crippen LogP contribution in [0.1, 0.15) is 25.6 Å². The highest BCUT2D eigenvalue weighted by atomic mass is 16.2. The van der Waals surface area contributed by atoms with Gasteiger partial charge in [0, 0.05) is 19.6 Å². The molecule has 1 atom stereocenters. The van der Waals surface area contributed by atoms with Crippen molar-refractivity contribution in [2.24, 2.45) is 5.41 Å². The number of piperidine rings is 1. The van der Waals surface area contributed by atoms with Crippen molar-refractivity contribution in [3.63, 3.8) is 0 Å². The second-order valence-corrected chi connectivity index (χ2v) is 5.51. The lowest BCUT2D eigenvalue weighted by Gasteiger charge is -2.38. The Morgan fingerprint density at radius 1 is 1.50 bits per heavy atom. The van der Waals surface area contributed by atoms with Gasteiger partial charge in [-0.1, -0.05) is 0 Å². The van der Waals surface area contributed by atoms with Gasteiger partial charge in [-0.2, -0.15) is 0 Å². The molecule has 1 saturated heterocycles. The number of nitrogens with zero attached hydrogens (tertiary/aromatic N) is 4. The van der Waals surface area contributed by atoms with Gasteiger partial charge >= 0.3 is 0 Å². The minimum Gasteiger partial charge on any atom is -0.333 e. The number of amides is 1. The monoisotopic (exact) mass is 249 g/mol. The molecule has 98 valence electrons. The zero-order valence-corrected chi connectivity index (χ0v) is 10.7. The number of hydrogen-bond donors (Lipinski definition) is 1. The van der Waals surface area contributed by atoms with Crippen LogP contribution in [0.5, 0.6) is 0 Å². The van der Waals surface area contributed by atoms with Gasteiger partial charge in [-0.15, -0.1) is 10.2 Å². The van der Waals surface area contributed by atoms with Crippen LogP contribution in [0, 0.1) is 5.41 Å². The minimum atomic E-state index is -0.250. The highest BCUT2D eigenvalue weighted by Crippen LogP contribution is 2.29. The third-order valence-corrected chi connectivity index (χ3v) is 4.04. The summed E-state index contributed by atoms with van der Waals surface area (Å²) < 4.78 is 2.02. The van der Waals surface area contributed by atoms with E-state index in [-0.39, 0.29) is 11.3 Å². The first-order valence-electron chi connectivity index (χ1n) is 6.56. The molecular weight excluding hydrogens is 230 g/mol. The number of rotatable bonds is 1. The Bertz CT molecular complexity index is 449. The number of fused-ring (bicyclic) bond motifs is 1. The van der Waals surface area contributed by atoms with Crippen molar-refractivity contribution in [2.45, 2.75) is 32.9 Å². The van der Waals surface area contributed by atoms with Crippen LogP contribution in [-0.4, -0.2) is 45.2 Å². The van der Waals surface area contributed by atoms with Crippen LogP contribution in [0.2, 0.25) is 0 Å². The second-order valence-electron chi connectivity index (χ2n) is 5.51. The van der Waals surface area contributed by atoms with Crippen LogP contribution in [0.15, 0.2) is 6.33 Å². The molecule has 0 bridgehead atoms. The van der Waals surface area contributed by atoms with E-state index in [4.69, 9.17) is 0 Å². The largest absolute Gasteiger partial charge is 0.333 e. The topological polar surface area (TPSA) is 63.1 Å². The summed E-state index contributed by atoms with van der Waals surface area (Å²) in [5, 5.41) is 11.3. The van der Waals surface area contributed by atoms with Crippen LogP contribution >= 0.6 is 0 Å². The van der Waals surface area contributed by atoms with Crippen LogP contribution in [0.4, 0.5) is 0 Å². The summed E-state index contributed by atoms with van der Waals surface area (Å²) in [5.74, 6) is 1.14. The fourth-order valence-electron chi connectivity index (χ4n) is 2.86. The van der Waals surface area contributed by atoms with Gasteiger partial charge in [0.15, 0.2) is 5.82 Å². The average molecular weight is 249 g/mol. The minimum absolute atomic E-state index is 0.250. The molecule has 0 saturated carbocycles. The van der Waals surface area contributed by atoms with Crippen molar-refractivity contribution in [3.8, 4) is 0 Å². The van der Waals surface area contributed by atoms with Crippen molar-refractivity contribution in [1.29, 1.82) is 0 Å². The summed E-state index contributed by atoms with van der Waals surface area (Å²) >= 11 is 0. The first-order chi connectivity index (χ1) is 8.69. The quantitative estimate of drug-likeness (QED) is 0.761. The van der Waals surface area contributed by atoms with E-state index in [2.05, 4.69) is 22.4 Å². The van der Waals surface area contributed by atoms with E-state index in [0.29, 0.717) is 6.54 Å². The zero-order chi connectivity index (χ0) is 12.6. The molecule has 3 heterocycles. The van der Waals surface area contributed by atoms with Gasteiger partial charge in [0.1, 0.15) is 6.33 Å². The van der Waals surface area contributed by atoms with Gasteiger partial charge in [0.05, 0.1) is 12.0 Å². The number of nitrogens with one attached hydrogen (secondary N) is 1. The molecule has 0 spiro atoms. The molecular formula is C12H19N5O. The maximum Gasteiger partial charge on any atom is 0.230 e. The van der Waals surface area contributed by atoms with Crippen LogP contribution in [0.3, 0.4) is 0 Å². The number of carbonyl (C=O) groups excluding carboxylic acids is 1. The van der Waals surface area contributed by atoms with Crippen LogP contribution < -0.4 is 5.32 Å². The fraction of sp³-hybridized carbons (Fsp3) is 0.750. The zero-order valence-electron chi connectivity index (χ0n) is 10.7. The van der Waals surface area contributed by atoms with E-state index in [9.17, 15) is 4.79 Å². The molecule has 2 aliphatic rings. The maximum atomic E-state index is 12.6. The lowest BCUT2D eigenvalue weighted by Crippen LogP contribution is -2.51. The molecule has 1 aromatic rings. The molecule has 1 amide bonds. The Kier molecular flexibility index (Phi) is 2.81. The van der Waals surface area contributed by atoms with Gasteiger partial charge in [-0.3, -0.25) is 4.79 Å². The lowest BCUT2D eigenvalue weighted by atomic mass is 9.81. The average Bonchev–Trinajstić information content (AvgIpc) is 2.86. The summed E-state index contributed by atoms with van der Waals surface area (Å²) in [6.45, 7) is 6.04. The highest BCUT2D eigenvalue weighted by molar-refractivity contribution is 5.82. The second kappa shape index (κ2) is 4.35. The molecule has 0 aromatic carbocycles. The first kappa shape index (κ1) is 11.6. The molecule has 0 radical (unpaired) electrons. The van der Waals surface area contributed by atoms with Crippen molar-refractivity contribution >= 4 is 5.91 Å². The summed E-state index contributed by atoms with van der Waals surface area (Å²) in [5.41, 5.74) is -0.250. The number of hydrogen-bond acceptors (Lipinski definition) is 4. The van der Waals surface area contributed by atoms with Gasteiger partial charge in [0.25, 0.3) is 0 Å². The van der Waals surface area contributed by atoms with Crippen LogP contribution in [-0.2, 0) is 17.9 Å². The van der Waals surface area contributed by atoms with Crippen molar-refractivity contribution in [2.75, 3.05) is 19.6 Å². The Morgan fingerprint density at radius 2 is 2.39 bits per heavy atom. The summed E-state index contributed by atoms with van der Waals surface area (Å²) in [4.78, 5) is 14.6. The fourth-order valence-corrected chi connectivity index (χ4v) is 2.86. The molecule has 18 heavy (non-hydrogen) atoms. The summed E-state index contributed by atoms with van der Waals surface area (Å²) in [7, 11) is 0. The molecule has 0 aliphatic carbocycles. The predicted molar refractivity (Wildman–Crippen MR) is 65.6 cm³/mol. The van der Waals surface area contributed by atoms with E-state index in [1.807, 2.05) is 9.47 Å². The summed E-state index contributed by atoms with van der Waals surface area (Å²) in [6.07, 6.45) is 3.79. The van der Waals surface area contributed by atoms with Gasteiger partial charge < -0.3 is 14.8 Å². The molecule has 6 heteroatoms. The van der Waals surface area contributed by atoms with Crippen molar-refractivity contribution in [1.82, 2.24) is 25.0 Å². The molecule has 1 unspecified atom stereocenters. The number of aromatic nitrogens is 3. The predicted octanol–water partition coefficient (Wildman–Crippen LogP) is 0.0100. The molecule has 1 aromatic heterocycles. The first-order valence-corrected chi connectivity index (χ1v) is 6.56. The van der Waals surface area contributed by atoms with E-state index >= 15 is 0 Å². The van der Waals surface area contributed by atoms with Crippen molar-refractivity contribution in [3.05, 3.63) is 12.2 Å². The van der Waals surface area contributed by atoms with Crippen LogP contribution in [0.25, 0.3) is 0 Å². The normalized spacial score (nSPS) is 27.9. The smallest absolute Gasteiger partial charge is 0.230 e. The maximum absolute atomic E-state index is 12.6. The molecule has 1 fully saturated rings. The Balaban J connectivity index is 1.74. The Morgan fingerprint density at radius 3 is 3.17 bits per heavy atom. The Hall–Kier alpha value is -1.43. The van der Waals surface area contributed by atoms with Gasteiger partial charge in [-0.05, 0) is 26.3 Å². The van der Waals surface area contributed by atoms with E-state index < -0.39 is 0 Å². The standard InChI is InChI=1S/C12H19N5O/c1-12(3-2-4-13-8-12)11(18)16-5-6-17-9-14-15-10(17)7-16/h9,13H,2-8H2,1H3. The molecule has 2 aliphatic heterocycles. The van der Waals surface area contributed by atoms with E-state index in [1.54, 1.807) is 6.33 Å². The SMILES string of the molecule is CC1(C(=O)N2CCn3cnnc3C2)CCCNC1. The third kappa shape index (κ3) is 1.90. The number of carbonyl (C=O) groups is 1.